The molecule has 0 bridgehead atoms. The molecule has 0 N–H and O–H groups in total. The van der Waals surface area contributed by atoms with Crippen molar-refractivity contribution >= 4 is 67.5 Å². The molecule has 9 heteroatoms. The summed E-state index contributed by atoms with van der Waals surface area (Å²) >= 11 is 6.50. The molecule has 2 amide bonds. The molecule has 0 aromatic heterocycles. The monoisotopic (exact) mass is 674 g/mol. The Morgan fingerprint density at radius 3 is 2.58 bits per heavy atom. The minimum atomic E-state index is -0.388. The topological polar surface area (TPSA) is 79.6 Å². The lowest BCUT2D eigenvalue weighted by atomic mass is 10.1. The van der Waals surface area contributed by atoms with Crippen LogP contribution in [0.5, 0.6) is 11.5 Å². The van der Waals surface area contributed by atoms with E-state index in [-0.39, 0.29) is 17.7 Å². The van der Waals surface area contributed by atoms with Gasteiger partial charge in [-0.1, -0.05) is 46.3 Å². The molecule has 1 fully saturated rings. The van der Waals surface area contributed by atoms with Crippen molar-refractivity contribution in [1.82, 2.24) is 4.90 Å². The zero-order valence-corrected chi connectivity index (χ0v) is 23.7. The zero-order valence-electron chi connectivity index (χ0n) is 19.2. The van der Waals surface area contributed by atoms with Crippen molar-refractivity contribution in [3.63, 3.8) is 0 Å². The number of ether oxygens (including phenoxy) is 2. The highest BCUT2D eigenvalue weighted by atomic mass is 127. The quantitative estimate of drug-likeness (QED) is 0.187. The number of nitriles is 1. The Hall–Kier alpha value is -2.81. The largest absolute Gasteiger partial charge is 0.490 e. The van der Waals surface area contributed by atoms with Crippen LogP contribution in [0.2, 0.25) is 0 Å². The number of hydrogen-bond donors (Lipinski definition) is 0. The number of rotatable bonds is 8. The van der Waals surface area contributed by atoms with Gasteiger partial charge in [0.05, 0.1) is 33.3 Å². The highest BCUT2D eigenvalue weighted by Gasteiger charge is 2.35. The van der Waals surface area contributed by atoms with Crippen molar-refractivity contribution in [1.29, 1.82) is 5.26 Å². The third kappa shape index (κ3) is 6.11. The van der Waals surface area contributed by atoms with Gasteiger partial charge in [0.2, 0.25) is 0 Å². The smallest absolute Gasteiger partial charge is 0.293 e. The Labute approximate surface area is 235 Å². The number of thioether (sulfide) groups is 1. The van der Waals surface area contributed by atoms with Crippen LogP contribution in [0.1, 0.15) is 29.2 Å². The van der Waals surface area contributed by atoms with Gasteiger partial charge < -0.3 is 9.47 Å². The Morgan fingerprint density at radius 2 is 1.86 bits per heavy atom. The summed E-state index contributed by atoms with van der Waals surface area (Å²) in [4.78, 5) is 27.1. The summed E-state index contributed by atoms with van der Waals surface area (Å²) in [5.41, 5.74) is 2.81. The first-order valence-corrected chi connectivity index (χ1v) is 13.7. The first-order valence-electron chi connectivity index (χ1n) is 11.0. The molecule has 1 saturated heterocycles. The van der Waals surface area contributed by atoms with E-state index >= 15 is 0 Å². The fourth-order valence-corrected chi connectivity index (χ4v) is 5.42. The first-order chi connectivity index (χ1) is 17.4. The van der Waals surface area contributed by atoms with Crippen LogP contribution in [0.15, 0.2) is 70.0 Å². The van der Waals surface area contributed by atoms with Crippen molar-refractivity contribution in [3.8, 4) is 17.6 Å². The predicted molar refractivity (Wildman–Crippen MR) is 151 cm³/mol. The van der Waals surface area contributed by atoms with Crippen molar-refractivity contribution < 1.29 is 19.1 Å². The van der Waals surface area contributed by atoms with Gasteiger partial charge in [-0.2, -0.15) is 5.26 Å². The van der Waals surface area contributed by atoms with E-state index in [1.165, 1.54) is 0 Å². The second kappa shape index (κ2) is 12.0. The molecule has 3 aromatic rings. The predicted octanol–water partition coefficient (Wildman–Crippen LogP) is 7.14. The maximum Gasteiger partial charge on any atom is 0.293 e. The average Bonchev–Trinajstić information content (AvgIpc) is 3.12. The fraction of sp³-hybridized carbons (Fsp3) is 0.148. The number of halogens is 2. The highest BCUT2D eigenvalue weighted by Crippen LogP contribution is 2.38. The standard InChI is InChI=1S/C27H20BrIN2O4S/c1-2-34-23-12-18(11-22(29)25(23)35-16-17-7-9-21(28)10-8-17)13-24-26(32)31(27(33)36-24)15-20-6-4-3-5-19(20)14-30/h3-13H,2,15-16H2,1H3/b24-13+. The second-order valence-electron chi connectivity index (χ2n) is 7.71. The number of hydrogen-bond acceptors (Lipinski definition) is 6. The molecular formula is C27H20BrIN2O4S. The van der Waals surface area contributed by atoms with Crippen LogP contribution < -0.4 is 9.47 Å². The van der Waals surface area contributed by atoms with E-state index in [4.69, 9.17) is 9.47 Å². The summed E-state index contributed by atoms with van der Waals surface area (Å²) < 4.78 is 13.7. The lowest BCUT2D eigenvalue weighted by molar-refractivity contribution is -0.123. The number of nitrogens with zero attached hydrogens (tertiary/aromatic N) is 2. The molecule has 4 rings (SSSR count). The summed E-state index contributed by atoms with van der Waals surface area (Å²) in [5, 5.41) is 8.96. The van der Waals surface area contributed by atoms with Crippen molar-refractivity contribution in [2.75, 3.05) is 6.61 Å². The third-order valence-corrected chi connectivity index (χ3v) is 7.50. The molecule has 1 aliphatic heterocycles. The van der Waals surface area contributed by atoms with Gasteiger partial charge in [-0.15, -0.1) is 0 Å². The maximum absolute atomic E-state index is 13.0. The van der Waals surface area contributed by atoms with E-state index in [2.05, 4.69) is 44.6 Å². The molecule has 0 saturated carbocycles. The van der Waals surface area contributed by atoms with E-state index in [1.807, 2.05) is 43.3 Å². The molecule has 0 radical (unpaired) electrons. The van der Waals surface area contributed by atoms with E-state index in [1.54, 1.807) is 30.3 Å². The molecule has 6 nitrogen and oxygen atoms in total. The van der Waals surface area contributed by atoms with Crippen LogP contribution in [0.4, 0.5) is 4.79 Å². The minimum absolute atomic E-state index is 0.0519. The van der Waals surface area contributed by atoms with Gasteiger partial charge >= 0.3 is 0 Å². The number of carbonyl (C=O) groups excluding carboxylic acids is 2. The average molecular weight is 675 g/mol. The molecule has 1 heterocycles. The van der Waals surface area contributed by atoms with Gasteiger partial charge in [0, 0.05) is 4.47 Å². The summed E-state index contributed by atoms with van der Waals surface area (Å²) in [6, 6.07) is 20.6. The number of amides is 2. The maximum atomic E-state index is 13.0. The van der Waals surface area contributed by atoms with E-state index in [9.17, 15) is 14.9 Å². The van der Waals surface area contributed by atoms with Crippen LogP contribution in [-0.4, -0.2) is 22.7 Å². The molecule has 0 spiro atoms. The molecule has 0 atom stereocenters. The van der Waals surface area contributed by atoms with Crippen molar-refractivity contribution in [3.05, 3.63) is 95.9 Å². The van der Waals surface area contributed by atoms with Gasteiger partial charge in [-0.3, -0.25) is 14.5 Å². The number of imide groups is 1. The van der Waals surface area contributed by atoms with Gasteiger partial charge in [-0.05, 0) is 94.4 Å². The van der Waals surface area contributed by atoms with E-state index < -0.39 is 0 Å². The van der Waals surface area contributed by atoms with Gasteiger partial charge in [0.25, 0.3) is 11.1 Å². The lowest BCUT2D eigenvalue weighted by Crippen LogP contribution is -2.27. The van der Waals surface area contributed by atoms with Crippen LogP contribution in [0.25, 0.3) is 6.08 Å². The SMILES string of the molecule is CCOc1cc(/C=C2/SC(=O)N(Cc3ccccc3C#N)C2=O)cc(I)c1OCc1ccc(Br)cc1. The Kier molecular flexibility index (Phi) is 8.72. The lowest BCUT2D eigenvalue weighted by Gasteiger charge is -2.15. The third-order valence-electron chi connectivity index (χ3n) is 5.27. The molecule has 0 aliphatic carbocycles. The van der Waals surface area contributed by atoms with E-state index in [0.29, 0.717) is 40.7 Å². The first kappa shape index (κ1) is 26.3. The normalized spacial score (nSPS) is 14.3. The second-order valence-corrected chi connectivity index (χ2v) is 10.8. The van der Waals surface area contributed by atoms with Crippen LogP contribution in [-0.2, 0) is 17.9 Å². The van der Waals surface area contributed by atoms with Crippen LogP contribution in [0.3, 0.4) is 0 Å². The summed E-state index contributed by atoms with van der Waals surface area (Å²) in [6.07, 6.45) is 1.68. The number of benzene rings is 3. The molecule has 0 unspecified atom stereocenters. The Bertz CT molecular complexity index is 1390. The minimum Gasteiger partial charge on any atom is -0.490 e. The Morgan fingerprint density at radius 1 is 1.11 bits per heavy atom. The van der Waals surface area contributed by atoms with Crippen LogP contribution >= 0.6 is 50.3 Å². The highest BCUT2D eigenvalue weighted by molar-refractivity contribution is 14.1. The summed E-state index contributed by atoms with van der Waals surface area (Å²) in [5.74, 6) is 0.801. The number of carbonyl (C=O) groups is 2. The summed E-state index contributed by atoms with van der Waals surface area (Å²) in [6.45, 7) is 2.77. The molecule has 3 aromatic carbocycles. The van der Waals surface area contributed by atoms with Crippen molar-refractivity contribution in [2.24, 2.45) is 0 Å². The summed E-state index contributed by atoms with van der Waals surface area (Å²) in [7, 11) is 0. The molecule has 182 valence electrons. The van der Waals surface area contributed by atoms with Gasteiger partial charge in [-0.25, -0.2) is 0 Å². The Balaban J connectivity index is 1.56. The van der Waals surface area contributed by atoms with Crippen molar-refractivity contribution in [2.45, 2.75) is 20.1 Å². The molecule has 1 aliphatic rings. The van der Waals surface area contributed by atoms with E-state index in [0.717, 1.165) is 35.8 Å². The zero-order chi connectivity index (χ0) is 25.7. The molecular weight excluding hydrogens is 655 g/mol. The molecule has 36 heavy (non-hydrogen) atoms. The van der Waals surface area contributed by atoms with Gasteiger partial charge in [0.15, 0.2) is 11.5 Å². The fourth-order valence-electron chi connectivity index (χ4n) is 3.54. The van der Waals surface area contributed by atoms with Gasteiger partial charge in [0.1, 0.15) is 6.61 Å². The van der Waals surface area contributed by atoms with Crippen LogP contribution in [0, 0.1) is 14.9 Å².